The largest absolute Gasteiger partial charge is 0.456 e. The van der Waals surface area contributed by atoms with Crippen LogP contribution in [0.15, 0.2) is 100 Å². The van der Waals surface area contributed by atoms with Crippen molar-refractivity contribution in [2.24, 2.45) is 0 Å². The van der Waals surface area contributed by atoms with Gasteiger partial charge in [-0.25, -0.2) is 9.13 Å². The molecule has 4 nitrogen and oxygen atoms in total. The predicted molar refractivity (Wildman–Crippen MR) is 133 cm³/mol. The zero-order valence-corrected chi connectivity index (χ0v) is 20.0. The molecule has 0 fully saturated rings. The molecule has 5 rings (SSSR count). The SMILES string of the molecule is CCc1n(CC(=O)c2ccc(Br)cc2)cc[n+]1Cc1c(-c2ccccc2)oc2ccccc12. The number of aromatic nitrogens is 2. The van der Waals surface area contributed by atoms with Gasteiger partial charge in [-0.3, -0.25) is 4.79 Å². The topological polar surface area (TPSA) is 39.0 Å². The third-order valence-corrected chi connectivity index (χ3v) is 6.48. The van der Waals surface area contributed by atoms with Crippen LogP contribution in [-0.2, 0) is 19.5 Å². The van der Waals surface area contributed by atoms with E-state index in [0.717, 1.165) is 44.6 Å². The monoisotopic (exact) mass is 499 g/mol. The summed E-state index contributed by atoms with van der Waals surface area (Å²) in [5.74, 6) is 2.09. The standard InChI is InChI=1S/C28H24BrN2O2/c1-2-27-30(16-17-31(27)19-25(32)20-12-14-22(29)15-13-20)18-24-23-10-6-7-11-26(23)33-28(24)21-8-4-3-5-9-21/h3-17H,2,18-19H2,1H3/q+1. The number of rotatable bonds is 7. The number of imidazole rings is 1. The third kappa shape index (κ3) is 4.29. The molecule has 0 aliphatic heterocycles. The second kappa shape index (κ2) is 9.20. The summed E-state index contributed by atoms with van der Waals surface area (Å²) in [7, 11) is 0. The summed E-state index contributed by atoms with van der Waals surface area (Å²) in [6.45, 7) is 3.11. The minimum Gasteiger partial charge on any atom is -0.456 e. The molecule has 5 aromatic rings. The highest BCUT2D eigenvalue weighted by molar-refractivity contribution is 9.10. The van der Waals surface area contributed by atoms with Crippen LogP contribution in [0.2, 0.25) is 0 Å². The zero-order valence-electron chi connectivity index (χ0n) is 18.4. The molecule has 0 N–H and O–H groups in total. The number of halogens is 1. The Morgan fingerprint density at radius 1 is 0.970 bits per heavy atom. The highest BCUT2D eigenvalue weighted by atomic mass is 79.9. The van der Waals surface area contributed by atoms with Gasteiger partial charge in [0.1, 0.15) is 30.3 Å². The molecule has 33 heavy (non-hydrogen) atoms. The number of nitrogens with zero attached hydrogens (tertiary/aromatic N) is 2. The minimum atomic E-state index is 0.0960. The first-order valence-electron chi connectivity index (χ1n) is 11.1. The molecule has 0 unspecified atom stereocenters. The average molecular weight is 500 g/mol. The molecular weight excluding hydrogens is 476 g/mol. The van der Waals surface area contributed by atoms with Gasteiger partial charge in [-0.15, -0.1) is 0 Å². The average Bonchev–Trinajstić information content (AvgIpc) is 3.41. The molecule has 0 atom stereocenters. The minimum absolute atomic E-state index is 0.0960. The maximum Gasteiger partial charge on any atom is 0.256 e. The van der Waals surface area contributed by atoms with Gasteiger partial charge < -0.3 is 4.42 Å². The maximum absolute atomic E-state index is 12.9. The van der Waals surface area contributed by atoms with Gasteiger partial charge in [-0.1, -0.05) is 83.5 Å². The lowest BCUT2D eigenvalue weighted by molar-refractivity contribution is -0.695. The first-order valence-corrected chi connectivity index (χ1v) is 11.9. The fraction of sp³-hybridized carbons (Fsp3) is 0.143. The smallest absolute Gasteiger partial charge is 0.256 e. The van der Waals surface area contributed by atoms with Gasteiger partial charge >= 0.3 is 0 Å². The lowest BCUT2D eigenvalue weighted by Gasteiger charge is -2.05. The number of hydrogen-bond acceptors (Lipinski definition) is 2. The molecule has 0 aliphatic rings. The summed E-state index contributed by atoms with van der Waals surface area (Å²) in [5, 5.41) is 1.12. The van der Waals surface area contributed by atoms with Crippen molar-refractivity contribution in [2.75, 3.05) is 0 Å². The molecule has 0 saturated carbocycles. The van der Waals surface area contributed by atoms with Crippen molar-refractivity contribution >= 4 is 32.7 Å². The van der Waals surface area contributed by atoms with E-state index in [-0.39, 0.29) is 5.78 Å². The van der Waals surface area contributed by atoms with E-state index in [0.29, 0.717) is 18.7 Å². The first-order chi connectivity index (χ1) is 16.1. The molecule has 0 bridgehead atoms. The van der Waals surface area contributed by atoms with E-state index >= 15 is 0 Å². The Morgan fingerprint density at radius 3 is 2.45 bits per heavy atom. The number of carbonyl (C=O) groups is 1. The first kappa shape index (κ1) is 21.4. The van der Waals surface area contributed by atoms with Gasteiger partial charge in [0.2, 0.25) is 5.78 Å². The summed E-state index contributed by atoms with van der Waals surface area (Å²) in [5.41, 5.74) is 3.81. The second-order valence-electron chi connectivity index (χ2n) is 8.03. The van der Waals surface area contributed by atoms with Crippen molar-refractivity contribution in [1.82, 2.24) is 4.57 Å². The van der Waals surface area contributed by atoms with Gasteiger partial charge in [0.25, 0.3) is 5.82 Å². The van der Waals surface area contributed by atoms with E-state index in [9.17, 15) is 4.79 Å². The Kier molecular flexibility index (Phi) is 5.97. The number of furan rings is 1. The highest BCUT2D eigenvalue weighted by Crippen LogP contribution is 2.33. The van der Waals surface area contributed by atoms with Gasteiger partial charge in [0.05, 0.1) is 0 Å². The lowest BCUT2D eigenvalue weighted by atomic mass is 10.1. The molecular formula is C28H24BrN2O2+. The van der Waals surface area contributed by atoms with Crippen molar-refractivity contribution in [3.8, 4) is 11.3 Å². The lowest BCUT2D eigenvalue weighted by Crippen LogP contribution is -2.38. The Hall–Kier alpha value is -3.44. The predicted octanol–water partition coefficient (Wildman–Crippen LogP) is 6.44. The highest BCUT2D eigenvalue weighted by Gasteiger charge is 2.23. The number of hydrogen-bond donors (Lipinski definition) is 0. The van der Waals surface area contributed by atoms with Crippen molar-refractivity contribution in [1.29, 1.82) is 0 Å². The van der Waals surface area contributed by atoms with E-state index in [1.807, 2.05) is 66.9 Å². The van der Waals surface area contributed by atoms with Crippen LogP contribution in [0.3, 0.4) is 0 Å². The van der Waals surface area contributed by atoms with Crippen LogP contribution in [0, 0.1) is 0 Å². The molecule has 164 valence electrons. The number of fused-ring (bicyclic) bond motifs is 1. The molecule has 2 aromatic heterocycles. The summed E-state index contributed by atoms with van der Waals surface area (Å²) < 4.78 is 11.5. The third-order valence-electron chi connectivity index (χ3n) is 5.95. The number of benzene rings is 3. The van der Waals surface area contributed by atoms with Crippen LogP contribution < -0.4 is 4.57 Å². The Morgan fingerprint density at radius 2 is 1.70 bits per heavy atom. The van der Waals surface area contributed by atoms with Crippen molar-refractivity contribution < 1.29 is 13.8 Å². The number of carbonyl (C=O) groups excluding carboxylic acids is 1. The van der Waals surface area contributed by atoms with E-state index in [2.05, 4.69) is 56.4 Å². The van der Waals surface area contributed by atoms with Gasteiger partial charge in [-0.05, 0) is 18.2 Å². The van der Waals surface area contributed by atoms with Gasteiger partial charge in [0, 0.05) is 33.0 Å². The molecule has 0 spiro atoms. The van der Waals surface area contributed by atoms with Crippen LogP contribution in [-0.4, -0.2) is 10.4 Å². The molecule has 0 aliphatic carbocycles. The van der Waals surface area contributed by atoms with E-state index in [4.69, 9.17) is 4.42 Å². The fourth-order valence-corrected chi connectivity index (χ4v) is 4.59. The Bertz CT molecular complexity index is 1420. The maximum atomic E-state index is 12.9. The van der Waals surface area contributed by atoms with E-state index in [1.54, 1.807) is 0 Å². The van der Waals surface area contributed by atoms with Crippen LogP contribution >= 0.6 is 15.9 Å². The normalized spacial score (nSPS) is 11.2. The van der Waals surface area contributed by atoms with Crippen LogP contribution in [0.5, 0.6) is 0 Å². The molecule has 0 saturated heterocycles. The zero-order chi connectivity index (χ0) is 22.8. The fourth-order valence-electron chi connectivity index (χ4n) is 4.32. The summed E-state index contributed by atoms with van der Waals surface area (Å²) in [4.78, 5) is 12.9. The van der Waals surface area contributed by atoms with Gasteiger partial charge in [-0.2, -0.15) is 0 Å². The number of Topliss-reactive ketones (excluding diaryl/α,β-unsaturated/α-hetero) is 1. The molecule has 0 amide bonds. The van der Waals surface area contributed by atoms with E-state index < -0.39 is 0 Å². The quantitative estimate of drug-likeness (QED) is 0.191. The Balaban J connectivity index is 1.50. The molecule has 5 heteroatoms. The van der Waals surface area contributed by atoms with Crippen LogP contribution in [0.25, 0.3) is 22.3 Å². The summed E-state index contributed by atoms with van der Waals surface area (Å²) in [6.07, 6.45) is 4.88. The van der Waals surface area contributed by atoms with Crippen LogP contribution in [0.1, 0.15) is 28.7 Å². The summed E-state index contributed by atoms with van der Waals surface area (Å²) in [6, 6.07) is 25.9. The molecule has 0 radical (unpaired) electrons. The summed E-state index contributed by atoms with van der Waals surface area (Å²) >= 11 is 3.43. The molecule has 3 aromatic carbocycles. The number of ketones is 1. The van der Waals surface area contributed by atoms with E-state index in [1.165, 1.54) is 0 Å². The second-order valence-corrected chi connectivity index (χ2v) is 8.94. The van der Waals surface area contributed by atoms with Crippen molar-refractivity contribution in [3.05, 3.63) is 113 Å². The van der Waals surface area contributed by atoms with Crippen molar-refractivity contribution in [3.63, 3.8) is 0 Å². The van der Waals surface area contributed by atoms with Crippen LogP contribution in [0.4, 0.5) is 0 Å². The van der Waals surface area contributed by atoms with Gasteiger partial charge in [0.15, 0.2) is 6.54 Å². The molecule has 2 heterocycles. The number of para-hydroxylation sites is 1. The Labute approximate surface area is 201 Å². The van der Waals surface area contributed by atoms with Crippen molar-refractivity contribution in [2.45, 2.75) is 26.4 Å².